The Morgan fingerprint density at radius 1 is 0.970 bits per heavy atom. The molecule has 0 unspecified atom stereocenters. The van der Waals surface area contributed by atoms with Crippen molar-refractivity contribution in [3.63, 3.8) is 0 Å². The highest BCUT2D eigenvalue weighted by atomic mass is 16.5. The number of rotatable bonds is 3. The number of aromatic nitrogens is 4. The molecule has 0 fully saturated rings. The molecule has 33 heavy (non-hydrogen) atoms. The summed E-state index contributed by atoms with van der Waals surface area (Å²) >= 11 is 0. The normalized spacial score (nSPS) is 12.2. The minimum atomic E-state index is -0.384. The zero-order valence-electron chi connectivity index (χ0n) is 20.1. The minimum Gasteiger partial charge on any atom is -0.359 e. The number of carbonyl (C=O) groups is 1. The summed E-state index contributed by atoms with van der Waals surface area (Å²) in [6, 6.07) is 11.2. The number of hydrogen-bond acceptors (Lipinski definition) is 5. The summed E-state index contributed by atoms with van der Waals surface area (Å²) in [5.74, 6) is 1.08. The third-order valence-electron chi connectivity index (χ3n) is 5.42. The summed E-state index contributed by atoms with van der Waals surface area (Å²) in [7, 11) is 1.90. The number of anilines is 2. The summed E-state index contributed by atoms with van der Waals surface area (Å²) in [5, 5.41) is 14.8. The Morgan fingerprint density at radius 3 is 2.27 bits per heavy atom. The van der Waals surface area contributed by atoms with Gasteiger partial charge < -0.3 is 9.84 Å². The summed E-state index contributed by atoms with van der Waals surface area (Å²) in [6.45, 7) is 12.5. The first-order chi connectivity index (χ1) is 15.4. The molecule has 2 amide bonds. The first kappa shape index (κ1) is 22.5. The number of carbonyl (C=O) groups excluding carboxylic acids is 1. The smallest absolute Gasteiger partial charge is 0.324 e. The molecule has 0 radical (unpaired) electrons. The third-order valence-corrected chi connectivity index (χ3v) is 5.42. The summed E-state index contributed by atoms with van der Waals surface area (Å²) in [5.41, 5.74) is 4.32. The fraction of sp³-hybridized carbons (Fsp3) is 0.360. The standard InChI is InChI=1S/C25H30N6O2/c1-24(2,3)19-12-17(18-14-26-31(7)22(18)28-19)15-8-10-16(11-9-15)27-23(32)29-21-13-20(33-30-21)25(4,5)6/h8-14H,1-7H3,(H2,27,29,30,32). The fourth-order valence-electron chi connectivity index (χ4n) is 3.44. The molecule has 8 nitrogen and oxygen atoms in total. The molecule has 2 N–H and O–H groups in total. The molecule has 0 atom stereocenters. The molecular weight excluding hydrogens is 416 g/mol. The predicted molar refractivity (Wildman–Crippen MR) is 130 cm³/mol. The molecule has 8 heteroatoms. The van der Waals surface area contributed by atoms with E-state index in [1.165, 1.54) is 0 Å². The molecule has 0 saturated carbocycles. The Kier molecular flexibility index (Phi) is 5.47. The third kappa shape index (κ3) is 4.74. The van der Waals surface area contributed by atoms with Crippen LogP contribution in [0.15, 0.2) is 47.1 Å². The number of pyridine rings is 1. The maximum Gasteiger partial charge on any atom is 0.324 e. The number of hydrogen-bond donors (Lipinski definition) is 2. The molecule has 0 saturated heterocycles. The second-order valence-corrected chi connectivity index (χ2v) is 10.3. The molecule has 0 aliphatic carbocycles. The van der Waals surface area contributed by atoms with Crippen LogP contribution in [0.1, 0.15) is 53.0 Å². The van der Waals surface area contributed by atoms with E-state index in [4.69, 9.17) is 9.51 Å². The van der Waals surface area contributed by atoms with Crippen molar-refractivity contribution in [1.29, 1.82) is 0 Å². The Labute approximate surface area is 193 Å². The van der Waals surface area contributed by atoms with Crippen LogP contribution >= 0.6 is 0 Å². The van der Waals surface area contributed by atoms with E-state index in [0.717, 1.165) is 27.9 Å². The van der Waals surface area contributed by atoms with Crippen LogP contribution in [0, 0.1) is 0 Å². The molecule has 4 aromatic rings. The zero-order valence-corrected chi connectivity index (χ0v) is 20.1. The molecule has 0 bridgehead atoms. The second-order valence-electron chi connectivity index (χ2n) is 10.3. The van der Waals surface area contributed by atoms with Crippen molar-refractivity contribution in [3.05, 3.63) is 54.0 Å². The Bertz CT molecular complexity index is 1300. The van der Waals surface area contributed by atoms with Crippen LogP contribution in [-0.4, -0.2) is 26.0 Å². The highest BCUT2D eigenvalue weighted by Crippen LogP contribution is 2.33. The monoisotopic (exact) mass is 446 g/mol. The van der Waals surface area contributed by atoms with Gasteiger partial charge in [0, 0.05) is 40.7 Å². The van der Waals surface area contributed by atoms with E-state index in [9.17, 15) is 4.79 Å². The fourth-order valence-corrected chi connectivity index (χ4v) is 3.44. The predicted octanol–water partition coefficient (Wildman–Crippen LogP) is 5.86. The van der Waals surface area contributed by atoms with Crippen LogP contribution in [0.25, 0.3) is 22.2 Å². The van der Waals surface area contributed by atoms with E-state index in [1.807, 2.05) is 58.3 Å². The van der Waals surface area contributed by atoms with Gasteiger partial charge in [-0.25, -0.2) is 9.78 Å². The maximum atomic E-state index is 12.4. The van der Waals surface area contributed by atoms with Crippen molar-refractivity contribution in [2.45, 2.75) is 52.4 Å². The molecule has 0 aliphatic rings. The van der Waals surface area contributed by atoms with Crippen LogP contribution in [0.5, 0.6) is 0 Å². The molecule has 4 rings (SSSR count). The van der Waals surface area contributed by atoms with Crippen molar-refractivity contribution >= 4 is 28.6 Å². The largest absolute Gasteiger partial charge is 0.359 e. The van der Waals surface area contributed by atoms with E-state index in [0.29, 0.717) is 17.3 Å². The number of urea groups is 1. The van der Waals surface area contributed by atoms with Crippen LogP contribution in [0.2, 0.25) is 0 Å². The highest BCUT2D eigenvalue weighted by molar-refractivity contribution is 5.99. The van der Waals surface area contributed by atoms with Crippen LogP contribution in [-0.2, 0) is 17.9 Å². The van der Waals surface area contributed by atoms with Gasteiger partial charge in [-0.2, -0.15) is 5.10 Å². The number of amides is 2. The highest BCUT2D eigenvalue weighted by Gasteiger charge is 2.21. The van der Waals surface area contributed by atoms with Gasteiger partial charge in [-0.15, -0.1) is 0 Å². The lowest BCUT2D eigenvalue weighted by atomic mass is 9.89. The molecular formula is C25H30N6O2. The maximum absolute atomic E-state index is 12.4. The molecule has 0 spiro atoms. The lowest BCUT2D eigenvalue weighted by Crippen LogP contribution is -2.19. The zero-order chi connectivity index (χ0) is 24.0. The van der Waals surface area contributed by atoms with Crippen molar-refractivity contribution < 1.29 is 9.32 Å². The van der Waals surface area contributed by atoms with Crippen molar-refractivity contribution in [3.8, 4) is 11.1 Å². The number of aryl methyl sites for hydroxylation is 1. The first-order valence-corrected chi connectivity index (χ1v) is 10.9. The van der Waals surface area contributed by atoms with Crippen LogP contribution in [0.4, 0.5) is 16.3 Å². The van der Waals surface area contributed by atoms with Gasteiger partial charge >= 0.3 is 6.03 Å². The SMILES string of the molecule is Cn1ncc2c(-c3ccc(NC(=O)Nc4cc(C(C)(C)C)on4)cc3)cc(C(C)(C)C)nc21. The summed E-state index contributed by atoms with van der Waals surface area (Å²) < 4.78 is 7.11. The lowest BCUT2D eigenvalue weighted by molar-refractivity contribution is 0.262. The number of benzene rings is 1. The number of fused-ring (bicyclic) bond motifs is 1. The van der Waals surface area contributed by atoms with Crippen molar-refractivity contribution in [1.82, 2.24) is 19.9 Å². The Hall–Kier alpha value is -3.68. The van der Waals surface area contributed by atoms with Crippen LogP contribution in [0.3, 0.4) is 0 Å². The summed E-state index contributed by atoms with van der Waals surface area (Å²) in [6.07, 6.45) is 1.84. The minimum absolute atomic E-state index is 0.0965. The van der Waals surface area contributed by atoms with E-state index >= 15 is 0 Å². The summed E-state index contributed by atoms with van der Waals surface area (Å²) in [4.78, 5) is 17.2. The molecule has 3 aromatic heterocycles. The van der Waals surface area contributed by atoms with Gasteiger partial charge in [-0.1, -0.05) is 58.8 Å². The van der Waals surface area contributed by atoms with Gasteiger partial charge in [0.15, 0.2) is 11.5 Å². The van der Waals surface area contributed by atoms with Gasteiger partial charge in [-0.3, -0.25) is 10.00 Å². The van der Waals surface area contributed by atoms with Crippen molar-refractivity contribution in [2.75, 3.05) is 10.6 Å². The number of nitrogens with zero attached hydrogens (tertiary/aromatic N) is 4. The van der Waals surface area contributed by atoms with E-state index in [1.54, 1.807) is 10.7 Å². The topological polar surface area (TPSA) is 97.9 Å². The average molecular weight is 447 g/mol. The second kappa shape index (κ2) is 8.03. The van der Waals surface area contributed by atoms with Crippen LogP contribution < -0.4 is 10.6 Å². The number of nitrogens with one attached hydrogen (secondary N) is 2. The van der Waals surface area contributed by atoms with Gasteiger partial charge in [0.2, 0.25) is 0 Å². The van der Waals surface area contributed by atoms with Gasteiger partial charge in [0.05, 0.1) is 6.20 Å². The van der Waals surface area contributed by atoms with Gasteiger partial charge in [0.1, 0.15) is 5.76 Å². The average Bonchev–Trinajstić information content (AvgIpc) is 3.34. The molecule has 1 aromatic carbocycles. The van der Waals surface area contributed by atoms with E-state index < -0.39 is 0 Å². The lowest BCUT2D eigenvalue weighted by Gasteiger charge is -2.19. The van der Waals surface area contributed by atoms with Crippen molar-refractivity contribution in [2.24, 2.45) is 7.05 Å². The first-order valence-electron chi connectivity index (χ1n) is 10.9. The molecule has 0 aliphatic heterocycles. The molecule has 172 valence electrons. The Balaban J connectivity index is 1.55. The van der Waals surface area contributed by atoms with E-state index in [2.05, 4.69) is 47.7 Å². The van der Waals surface area contributed by atoms with Gasteiger partial charge in [0.25, 0.3) is 0 Å². The molecule has 3 heterocycles. The quantitative estimate of drug-likeness (QED) is 0.411. The van der Waals surface area contributed by atoms with Gasteiger partial charge in [-0.05, 0) is 29.3 Å². The van der Waals surface area contributed by atoms with E-state index in [-0.39, 0.29) is 16.9 Å². The Morgan fingerprint density at radius 2 is 1.67 bits per heavy atom.